The zero-order valence-corrected chi connectivity index (χ0v) is 17.5. The van der Waals surface area contributed by atoms with Crippen LogP contribution in [0.15, 0.2) is 60.7 Å². The first-order valence-corrected chi connectivity index (χ1v) is 9.68. The molecule has 0 saturated carbocycles. The first-order valence-electron chi connectivity index (χ1n) is 9.68. The summed E-state index contributed by atoms with van der Waals surface area (Å²) in [5, 5.41) is 10.8. The molecule has 4 rings (SSSR count). The molecule has 0 bridgehead atoms. The number of rotatable bonds is 6. The van der Waals surface area contributed by atoms with Crippen LogP contribution in [-0.4, -0.2) is 36.5 Å². The molecule has 6 nitrogen and oxygen atoms in total. The van der Waals surface area contributed by atoms with Crippen molar-refractivity contribution in [3.05, 3.63) is 71.8 Å². The Kier molecular flexibility index (Phi) is 5.63. The lowest BCUT2D eigenvalue weighted by molar-refractivity contribution is -0.274. The maximum absolute atomic E-state index is 13.5. The maximum atomic E-state index is 13.5. The van der Waals surface area contributed by atoms with Crippen LogP contribution in [0.2, 0.25) is 0 Å². The molecule has 0 fully saturated rings. The van der Waals surface area contributed by atoms with E-state index in [4.69, 9.17) is 9.47 Å². The molecule has 3 aromatic carbocycles. The third-order valence-electron chi connectivity index (χ3n) is 5.05. The molecule has 0 aliphatic heterocycles. The lowest BCUT2D eigenvalue weighted by atomic mass is 9.97. The fourth-order valence-corrected chi connectivity index (χ4v) is 3.55. The number of halogens is 3. The Bertz CT molecular complexity index is 1330. The van der Waals surface area contributed by atoms with Gasteiger partial charge in [-0.15, -0.1) is 13.2 Å². The van der Waals surface area contributed by atoms with Gasteiger partial charge in [0, 0.05) is 22.6 Å². The number of hydrogen-bond donors (Lipinski definition) is 2. The topological polar surface area (TPSA) is 80.8 Å². The summed E-state index contributed by atoms with van der Waals surface area (Å²) in [4.78, 5) is 16.7. The summed E-state index contributed by atoms with van der Waals surface area (Å²) in [6.45, 7) is 0. The summed E-state index contributed by atoms with van der Waals surface area (Å²) in [5.41, 5.74) is 2.02. The van der Waals surface area contributed by atoms with Gasteiger partial charge in [0.15, 0.2) is 17.3 Å². The van der Waals surface area contributed by atoms with Crippen molar-refractivity contribution >= 4 is 16.7 Å². The Labute approximate surface area is 186 Å². The minimum atomic E-state index is -4.83. The lowest BCUT2D eigenvalue weighted by Crippen LogP contribution is -2.17. The van der Waals surface area contributed by atoms with Crippen LogP contribution in [0.25, 0.3) is 22.2 Å². The van der Waals surface area contributed by atoms with Crippen molar-refractivity contribution in [3.63, 3.8) is 0 Å². The van der Waals surface area contributed by atoms with Crippen LogP contribution in [0.4, 0.5) is 13.2 Å². The number of aromatic nitrogens is 1. The van der Waals surface area contributed by atoms with E-state index >= 15 is 0 Å². The molecular weight excluding hydrogens is 439 g/mol. The van der Waals surface area contributed by atoms with Gasteiger partial charge in [-0.3, -0.25) is 4.79 Å². The number of phenolic OH excluding ortho intramolecular Hbond substituents is 1. The van der Waals surface area contributed by atoms with Crippen LogP contribution in [0.1, 0.15) is 15.9 Å². The molecule has 0 unspecified atom stereocenters. The van der Waals surface area contributed by atoms with Crippen molar-refractivity contribution in [2.24, 2.45) is 0 Å². The third kappa shape index (κ3) is 4.43. The predicted octanol–water partition coefficient (Wildman–Crippen LogP) is 5.69. The van der Waals surface area contributed by atoms with E-state index < -0.39 is 17.9 Å². The number of alkyl halides is 3. The summed E-state index contributed by atoms with van der Waals surface area (Å²) >= 11 is 0. The monoisotopic (exact) mass is 457 g/mol. The van der Waals surface area contributed by atoms with Gasteiger partial charge in [-0.05, 0) is 54.6 Å². The fraction of sp³-hybridized carbons (Fsp3) is 0.125. The zero-order chi connectivity index (χ0) is 23.8. The maximum Gasteiger partial charge on any atom is 0.573 e. The number of methoxy groups -OCH3 is 2. The van der Waals surface area contributed by atoms with Gasteiger partial charge >= 0.3 is 6.36 Å². The van der Waals surface area contributed by atoms with Crippen LogP contribution < -0.4 is 14.2 Å². The van der Waals surface area contributed by atoms with Crippen LogP contribution in [-0.2, 0) is 0 Å². The van der Waals surface area contributed by atoms with Crippen molar-refractivity contribution in [2.75, 3.05) is 14.2 Å². The predicted molar refractivity (Wildman–Crippen MR) is 115 cm³/mol. The molecule has 0 spiro atoms. The number of ether oxygens (including phenoxy) is 3. The molecule has 0 atom stereocenters. The summed E-state index contributed by atoms with van der Waals surface area (Å²) in [6.07, 6.45) is -4.83. The molecule has 9 heteroatoms. The SMILES string of the molecule is COc1ccc2c(C(=O)c3ccc(OC(F)(F)F)cc3)c(-c3ccc(OC)c(O)c3)[nH]c2c1. The standard InChI is InChI=1S/C24H18F3NO5/c1-31-16-8-9-17-18(12-16)28-22(14-5-10-20(32-2)19(29)11-14)21(17)23(30)13-3-6-15(7-4-13)33-24(25,26)27/h3-12,28-29H,1-2H3. The van der Waals surface area contributed by atoms with Gasteiger partial charge in [-0.1, -0.05) is 0 Å². The number of phenols is 1. The Morgan fingerprint density at radius 3 is 2.21 bits per heavy atom. The van der Waals surface area contributed by atoms with Crippen molar-refractivity contribution < 1.29 is 37.3 Å². The Morgan fingerprint density at radius 2 is 1.61 bits per heavy atom. The zero-order valence-electron chi connectivity index (χ0n) is 17.5. The van der Waals surface area contributed by atoms with Crippen molar-refractivity contribution in [2.45, 2.75) is 6.36 Å². The van der Waals surface area contributed by atoms with E-state index in [1.807, 2.05) is 0 Å². The highest BCUT2D eigenvalue weighted by atomic mass is 19.4. The number of hydrogen-bond acceptors (Lipinski definition) is 5. The van der Waals surface area contributed by atoms with E-state index in [1.54, 1.807) is 30.3 Å². The normalized spacial score (nSPS) is 11.4. The van der Waals surface area contributed by atoms with E-state index in [1.165, 1.54) is 32.4 Å². The Balaban J connectivity index is 1.84. The second kappa shape index (κ2) is 8.42. The summed E-state index contributed by atoms with van der Waals surface area (Å²) < 4.78 is 51.6. The minimum absolute atomic E-state index is 0.113. The highest BCUT2D eigenvalue weighted by Gasteiger charge is 2.31. The van der Waals surface area contributed by atoms with Gasteiger partial charge in [0.05, 0.1) is 31.0 Å². The molecule has 2 N–H and O–H groups in total. The highest BCUT2D eigenvalue weighted by Crippen LogP contribution is 2.37. The van der Waals surface area contributed by atoms with E-state index in [0.717, 1.165) is 12.1 Å². The molecule has 4 aromatic rings. The van der Waals surface area contributed by atoms with Crippen LogP contribution in [0.3, 0.4) is 0 Å². The fourth-order valence-electron chi connectivity index (χ4n) is 3.55. The second-order valence-electron chi connectivity index (χ2n) is 7.07. The van der Waals surface area contributed by atoms with Gasteiger partial charge in [-0.25, -0.2) is 0 Å². The van der Waals surface area contributed by atoms with Gasteiger partial charge in [0.2, 0.25) is 0 Å². The number of carbonyl (C=O) groups is 1. The summed E-state index contributed by atoms with van der Waals surface area (Å²) in [7, 11) is 2.94. The van der Waals surface area contributed by atoms with E-state index in [9.17, 15) is 23.1 Å². The van der Waals surface area contributed by atoms with Crippen molar-refractivity contribution in [1.82, 2.24) is 4.98 Å². The Morgan fingerprint density at radius 1 is 0.909 bits per heavy atom. The Hall–Kier alpha value is -4.14. The van der Waals surface area contributed by atoms with Crippen molar-refractivity contribution in [1.29, 1.82) is 0 Å². The van der Waals surface area contributed by atoms with Crippen LogP contribution in [0.5, 0.6) is 23.0 Å². The first-order chi connectivity index (χ1) is 15.7. The van der Waals surface area contributed by atoms with Gasteiger partial charge in [0.1, 0.15) is 11.5 Å². The lowest BCUT2D eigenvalue weighted by Gasteiger charge is -2.10. The minimum Gasteiger partial charge on any atom is -0.504 e. The molecule has 0 aliphatic carbocycles. The number of ketones is 1. The average Bonchev–Trinajstić information content (AvgIpc) is 3.16. The molecule has 170 valence electrons. The van der Waals surface area contributed by atoms with Crippen molar-refractivity contribution in [3.8, 4) is 34.3 Å². The number of benzene rings is 3. The number of aromatic amines is 1. The number of fused-ring (bicyclic) bond motifs is 1. The number of nitrogens with one attached hydrogen (secondary N) is 1. The third-order valence-corrected chi connectivity index (χ3v) is 5.05. The molecule has 0 aliphatic rings. The van der Waals surface area contributed by atoms with Gasteiger partial charge < -0.3 is 24.3 Å². The number of carbonyl (C=O) groups excluding carboxylic acids is 1. The van der Waals surface area contributed by atoms with Gasteiger partial charge in [-0.2, -0.15) is 0 Å². The largest absolute Gasteiger partial charge is 0.573 e. The molecule has 1 aromatic heterocycles. The first kappa shape index (κ1) is 22.1. The molecule has 0 amide bonds. The summed E-state index contributed by atoms with van der Waals surface area (Å²) in [6, 6.07) is 14.5. The van der Waals surface area contributed by atoms with E-state index in [-0.39, 0.29) is 17.1 Å². The smallest absolute Gasteiger partial charge is 0.504 e. The van der Waals surface area contributed by atoms with E-state index in [0.29, 0.717) is 33.5 Å². The second-order valence-corrected chi connectivity index (χ2v) is 7.07. The van der Waals surface area contributed by atoms with Gasteiger partial charge in [0.25, 0.3) is 0 Å². The number of H-pyrrole nitrogens is 1. The van der Waals surface area contributed by atoms with E-state index in [2.05, 4.69) is 9.72 Å². The molecule has 0 saturated heterocycles. The van der Waals surface area contributed by atoms with Crippen LogP contribution >= 0.6 is 0 Å². The molecule has 1 heterocycles. The summed E-state index contributed by atoms with van der Waals surface area (Å²) in [5.74, 6) is -0.123. The molecule has 0 radical (unpaired) electrons. The quantitative estimate of drug-likeness (QED) is 0.364. The molecule has 33 heavy (non-hydrogen) atoms. The highest BCUT2D eigenvalue weighted by molar-refractivity contribution is 6.20. The molecular formula is C24H18F3NO5. The number of aromatic hydroxyl groups is 1. The average molecular weight is 457 g/mol. The van der Waals surface area contributed by atoms with Crippen LogP contribution in [0, 0.1) is 0 Å².